The van der Waals surface area contributed by atoms with E-state index in [1.807, 2.05) is 30.3 Å². The second kappa shape index (κ2) is 7.26. The molecule has 0 amide bonds. The molecule has 1 aromatic carbocycles. The van der Waals surface area contributed by atoms with Gasteiger partial charge in [0.2, 0.25) is 0 Å². The minimum atomic E-state index is 0.748. The van der Waals surface area contributed by atoms with Crippen LogP contribution in [0.4, 0.5) is 0 Å². The van der Waals surface area contributed by atoms with E-state index in [-0.39, 0.29) is 0 Å². The van der Waals surface area contributed by atoms with E-state index in [9.17, 15) is 0 Å². The summed E-state index contributed by atoms with van der Waals surface area (Å²) in [6.07, 6.45) is 1.01. The zero-order chi connectivity index (χ0) is 13.5. The van der Waals surface area contributed by atoms with Crippen molar-refractivity contribution in [3.63, 3.8) is 0 Å². The van der Waals surface area contributed by atoms with Crippen LogP contribution in [0.5, 0.6) is 5.75 Å². The maximum absolute atomic E-state index is 5.64. The van der Waals surface area contributed by atoms with E-state index in [1.54, 1.807) is 11.3 Å². The molecule has 0 spiro atoms. The summed E-state index contributed by atoms with van der Waals surface area (Å²) < 4.78 is 5.64. The molecule has 1 heterocycles. The lowest BCUT2D eigenvalue weighted by Crippen LogP contribution is -2.16. The maximum atomic E-state index is 5.64. The second-order valence-corrected chi connectivity index (χ2v) is 5.72. The largest absolute Gasteiger partial charge is 0.494 e. The van der Waals surface area contributed by atoms with E-state index in [0.29, 0.717) is 0 Å². The van der Waals surface area contributed by atoms with Gasteiger partial charge in [0.05, 0.1) is 17.3 Å². The van der Waals surface area contributed by atoms with Gasteiger partial charge in [-0.15, -0.1) is 11.3 Å². The minimum absolute atomic E-state index is 0.748. The summed E-state index contributed by atoms with van der Waals surface area (Å²) in [5.41, 5.74) is 1.15. The third kappa shape index (κ3) is 4.65. The van der Waals surface area contributed by atoms with Crippen LogP contribution in [0.25, 0.3) is 0 Å². The number of para-hydroxylation sites is 1. The molecule has 102 valence electrons. The number of hydrogen-bond donors (Lipinski definition) is 1. The van der Waals surface area contributed by atoms with Gasteiger partial charge in [0.1, 0.15) is 5.75 Å². The Morgan fingerprint density at radius 3 is 2.68 bits per heavy atom. The standard InChI is InChI=1S/C15H20N2OS/c1-12-15(19-13(2)17-12)11-16-9-6-10-18-14-7-4-3-5-8-14/h3-5,7-8,16H,6,9-11H2,1-2H3. The highest BCUT2D eigenvalue weighted by Crippen LogP contribution is 2.16. The van der Waals surface area contributed by atoms with Crippen LogP contribution in [0, 0.1) is 13.8 Å². The smallest absolute Gasteiger partial charge is 0.119 e. The van der Waals surface area contributed by atoms with Crippen LogP contribution >= 0.6 is 11.3 Å². The summed E-state index contributed by atoms with van der Waals surface area (Å²) in [7, 11) is 0. The van der Waals surface area contributed by atoms with Crippen LogP contribution < -0.4 is 10.1 Å². The summed E-state index contributed by atoms with van der Waals surface area (Å²) in [5.74, 6) is 0.941. The van der Waals surface area contributed by atoms with Gasteiger partial charge in [-0.1, -0.05) is 18.2 Å². The lowest BCUT2D eigenvalue weighted by molar-refractivity contribution is 0.308. The SMILES string of the molecule is Cc1nc(C)c(CNCCCOc2ccccc2)s1. The van der Waals surface area contributed by atoms with Crippen LogP contribution in [0.3, 0.4) is 0 Å². The first-order valence-electron chi connectivity index (χ1n) is 6.57. The molecule has 0 aliphatic rings. The molecule has 0 saturated carbocycles. The zero-order valence-corrected chi connectivity index (χ0v) is 12.3. The fraction of sp³-hybridized carbons (Fsp3) is 0.400. The van der Waals surface area contributed by atoms with Crippen molar-refractivity contribution in [3.05, 3.63) is 45.9 Å². The number of hydrogen-bond acceptors (Lipinski definition) is 4. The molecule has 3 nitrogen and oxygen atoms in total. The van der Waals surface area contributed by atoms with Crippen molar-refractivity contribution in [2.24, 2.45) is 0 Å². The minimum Gasteiger partial charge on any atom is -0.494 e. The van der Waals surface area contributed by atoms with E-state index in [2.05, 4.69) is 24.1 Å². The fourth-order valence-electron chi connectivity index (χ4n) is 1.84. The van der Waals surface area contributed by atoms with Gasteiger partial charge in [0, 0.05) is 11.4 Å². The van der Waals surface area contributed by atoms with E-state index in [1.165, 1.54) is 4.88 Å². The molecule has 1 N–H and O–H groups in total. The van der Waals surface area contributed by atoms with Crippen molar-refractivity contribution in [1.82, 2.24) is 10.3 Å². The monoisotopic (exact) mass is 276 g/mol. The number of nitrogens with one attached hydrogen (secondary N) is 1. The molecule has 2 rings (SSSR count). The molecule has 0 bridgehead atoms. The van der Waals surface area contributed by atoms with E-state index in [4.69, 9.17) is 4.74 Å². The molecular weight excluding hydrogens is 256 g/mol. The van der Waals surface area contributed by atoms with Crippen molar-refractivity contribution < 1.29 is 4.74 Å². The molecule has 0 saturated heterocycles. The molecule has 19 heavy (non-hydrogen) atoms. The van der Waals surface area contributed by atoms with Crippen LogP contribution in [0.15, 0.2) is 30.3 Å². The lowest BCUT2D eigenvalue weighted by atomic mass is 10.3. The molecule has 4 heteroatoms. The normalized spacial score (nSPS) is 10.6. The first kappa shape index (κ1) is 14.0. The van der Waals surface area contributed by atoms with Crippen molar-refractivity contribution in [2.75, 3.05) is 13.2 Å². The lowest BCUT2D eigenvalue weighted by Gasteiger charge is -2.06. The molecule has 0 aliphatic carbocycles. The number of nitrogens with zero attached hydrogens (tertiary/aromatic N) is 1. The van der Waals surface area contributed by atoms with Gasteiger partial charge in [-0.2, -0.15) is 0 Å². The fourth-order valence-corrected chi connectivity index (χ4v) is 2.75. The van der Waals surface area contributed by atoms with Gasteiger partial charge in [-0.05, 0) is 38.9 Å². The molecular formula is C15H20N2OS. The Balaban J connectivity index is 1.59. The summed E-state index contributed by atoms with van der Waals surface area (Å²) in [5, 5.41) is 4.57. The number of benzene rings is 1. The average molecular weight is 276 g/mol. The predicted molar refractivity (Wildman–Crippen MR) is 79.8 cm³/mol. The molecule has 0 radical (unpaired) electrons. The average Bonchev–Trinajstić information content (AvgIpc) is 2.73. The summed E-state index contributed by atoms with van der Waals surface area (Å²) in [6.45, 7) is 6.73. The number of rotatable bonds is 7. The van der Waals surface area contributed by atoms with E-state index < -0.39 is 0 Å². The van der Waals surface area contributed by atoms with Crippen molar-refractivity contribution in [3.8, 4) is 5.75 Å². The van der Waals surface area contributed by atoms with Crippen LogP contribution in [0.1, 0.15) is 22.0 Å². The molecule has 2 aromatic rings. The Kier molecular flexibility index (Phi) is 5.36. The van der Waals surface area contributed by atoms with Gasteiger partial charge >= 0.3 is 0 Å². The first-order valence-corrected chi connectivity index (χ1v) is 7.39. The van der Waals surface area contributed by atoms with Gasteiger partial charge < -0.3 is 10.1 Å². The highest BCUT2D eigenvalue weighted by Gasteiger charge is 2.03. The molecule has 0 atom stereocenters. The highest BCUT2D eigenvalue weighted by molar-refractivity contribution is 7.11. The maximum Gasteiger partial charge on any atom is 0.119 e. The van der Waals surface area contributed by atoms with Crippen molar-refractivity contribution >= 4 is 11.3 Å². The second-order valence-electron chi connectivity index (χ2n) is 4.43. The predicted octanol–water partition coefficient (Wildman–Crippen LogP) is 3.32. The Morgan fingerprint density at radius 2 is 2.00 bits per heavy atom. The topological polar surface area (TPSA) is 34.2 Å². The third-order valence-electron chi connectivity index (χ3n) is 2.79. The first-order chi connectivity index (χ1) is 9.25. The van der Waals surface area contributed by atoms with Crippen LogP contribution in [-0.2, 0) is 6.54 Å². The molecule has 0 aliphatic heterocycles. The Hall–Kier alpha value is -1.39. The molecule has 0 fully saturated rings. The van der Waals surface area contributed by atoms with Gasteiger partial charge in [-0.3, -0.25) is 0 Å². The molecule has 1 aromatic heterocycles. The number of ether oxygens (including phenoxy) is 1. The van der Waals surface area contributed by atoms with E-state index in [0.717, 1.165) is 42.6 Å². The summed E-state index contributed by atoms with van der Waals surface area (Å²) in [6, 6.07) is 9.94. The Morgan fingerprint density at radius 1 is 1.21 bits per heavy atom. The highest BCUT2D eigenvalue weighted by atomic mass is 32.1. The summed E-state index contributed by atoms with van der Waals surface area (Å²) in [4.78, 5) is 5.75. The van der Waals surface area contributed by atoms with Gasteiger partial charge in [0.25, 0.3) is 0 Å². The Labute approximate surface area is 118 Å². The number of aromatic nitrogens is 1. The van der Waals surface area contributed by atoms with Crippen molar-refractivity contribution in [1.29, 1.82) is 0 Å². The summed E-state index contributed by atoms with van der Waals surface area (Å²) >= 11 is 1.77. The Bertz CT molecular complexity index is 496. The van der Waals surface area contributed by atoms with E-state index >= 15 is 0 Å². The van der Waals surface area contributed by atoms with Crippen LogP contribution in [0.2, 0.25) is 0 Å². The quantitative estimate of drug-likeness (QED) is 0.788. The van der Waals surface area contributed by atoms with Crippen LogP contribution in [-0.4, -0.2) is 18.1 Å². The van der Waals surface area contributed by atoms with Gasteiger partial charge in [0.15, 0.2) is 0 Å². The third-order valence-corrected chi connectivity index (χ3v) is 3.87. The van der Waals surface area contributed by atoms with Gasteiger partial charge in [-0.25, -0.2) is 4.98 Å². The zero-order valence-electron chi connectivity index (χ0n) is 11.5. The van der Waals surface area contributed by atoms with Crippen molar-refractivity contribution in [2.45, 2.75) is 26.8 Å². The number of thiazole rings is 1. The number of aryl methyl sites for hydroxylation is 2. The molecule has 0 unspecified atom stereocenters.